The van der Waals surface area contributed by atoms with E-state index in [0.717, 1.165) is 18.4 Å². The van der Waals surface area contributed by atoms with Crippen molar-refractivity contribution in [1.82, 2.24) is 14.8 Å². The van der Waals surface area contributed by atoms with Gasteiger partial charge in [0.2, 0.25) is 0 Å². The highest BCUT2D eigenvalue weighted by Gasteiger charge is 2.12. The fraction of sp³-hybridized carbons (Fsp3) is 0.238. The van der Waals surface area contributed by atoms with Crippen molar-refractivity contribution < 1.29 is 14.3 Å². The first-order valence-corrected chi connectivity index (χ1v) is 8.86. The largest absolute Gasteiger partial charge is 0.454 e. The van der Waals surface area contributed by atoms with Gasteiger partial charge in [0, 0.05) is 5.56 Å². The molecule has 0 fully saturated rings. The third kappa shape index (κ3) is 5.10. The summed E-state index contributed by atoms with van der Waals surface area (Å²) in [6, 6.07) is 14.4. The molecule has 1 heterocycles. The highest BCUT2D eigenvalue weighted by atomic mass is 16.5. The van der Waals surface area contributed by atoms with E-state index in [2.05, 4.69) is 17.0 Å². The van der Waals surface area contributed by atoms with Gasteiger partial charge in [-0.15, -0.1) is 0 Å². The molecule has 0 atom stereocenters. The van der Waals surface area contributed by atoms with E-state index in [1.165, 1.54) is 11.9 Å². The molecule has 138 valence electrons. The zero-order chi connectivity index (χ0) is 19.1. The van der Waals surface area contributed by atoms with Crippen molar-refractivity contribution >= 4 is 11.8 Å². The second kappa shape index (κ2) is 8.89. The van der Waals surface area contributed by atoms with Crippen molar-refractivity contribution in [3.63, 3.8) is 0 Å². The summed E-state index contributed by atoms with van der Waals surface area (Å²) in [6.45, 7) is 2.41. The first-order chi connectivity index (χ1) is 13.2. The van der Waals surface area contributed by atoms with E-state index in [-0.39, 0.29) is 12.4 Å². The summed E-state index contributed by atoms with van der Waals surface area (Å²) in [6.07, 6.45) is 5.14. The van der Waals surface area contributed by atoms with E-state index in [9.17, 15) is 9.59 Å². The van der Waals surface area contributed by atoms with Gasteiger partial charge in [-0.2, -0.15) is 5.10 Å². The van der Waals surface area contributed by atoms with E-state index in [4.69, 9.17) is 4.74 Å². The van der Waals surface area contributed by atoms with E-state index in [1.54, 1.807) is 35.3 Å². The maximum atomic E-state index is 12.2. The fourth-order valence-electron chi connectivity index (χ4n) is 2.69. The molecule has 0 spiro atoms. The molecule has 0 saturated carbocycles. The average molecular weight is 363 g/mol. The van der Waals surface area contributed by atoms with E-state index in [0.29, 0.717) is 17.7 Å². The molecule has 3 rings (SSSR count). The number of esters is 1. The first kappa shape index (κ1) is 18.5. The zero-order valence-corrected chi connectivity index (χ0v) is 15.2. The Hall–Kier alpha value is -3.28. The lowest BCUT2D eigenvalue weighted by atomic mass is 10.1. The SMILES string of the molecule is CCCc1ccc(C(=O)COC(=O)c2ccc(Cn3cncn3)cc2)cc1. The number of nitrogens with zero attached hydrogens (tertiary/aromatic N) is 3. The van der Waals surface area contributed by atoms with Crippen LogP contribution in [0.25, 0.3) is 0 Å². The Balaban J connectivity index is 1.53. The Morgan fingerprint density at radius 1 is 0.963 bits per heavy atom. The number of carbonyl (C=O) groups is 2. The minimum atomic E-state index is -0.516. The van der Waals surface area contributed by atoms with Gasteiger partial charge in [0.15, 0.2) is 12.4 Å². The summed E-state index contributed by atoms with van der Waals surface area (Å²) in [4.78, 5) is 28.2. The van der Waals surface area contributed by atoms with Gasteiger partial charge in [-0.25, -0.2) is 14.5 Å². The van der Waals surface area contributed by atoms with Crippen LogP contribution in [-0.2, 0) is 17.7 Å². The second-order valence-corrected chi connectivity index (χ2v) is 6.24. The van der Waals surface area contributed by atoms with Gasteiger partial charge in [0.1, 0.15) is 12.7 Å². The van der Waals surface area contributed by atoms with Gasteiger partial charge < -0.3 is 4.74 Å². The van der Waals surface area contributed by atoms with Gasteiger partial charge in [-0.05, 0) is 29.7 Å². The number of ether oxygens (including phenoxy) is 1. The summed E-state index contributed by atoms with van der Waals surface area (Å²) < 4.78 is 6.84. The molecule has 3 aromatic rings. The van der Waals surface area contributed by atoms with Crippen LogP contribution in [0.1, 0.15) is 45.2 Å². The Morgan fingerprint density at radius 2 is 1.63 bits per heavy atom. The molecule has 6 nitrogen and oxygen atoms in total. The van der Waals surface area contributed by atoms with Crippen molar-refractivity contribution in [3.05, 3.63) is 83.4 Å². The van der Waals surface area contributed by atoms with Gasteiger partial charge in [-0.3, -0.25) is 4.79 Å². The summed E-state index contributed by atoms with van der Waals surface area (Å²) in [5.74, 6) is -0.729. The molecule has 0 aliphatic rings. The van der Waals surface area contributed by atoms with Crippen molar-refractivity contribution in [2.45, 2.75) is 26.3 Å². The number of Topliss-reactive ketones (excluding diaryl/α,β-unsaturated/α-hetero) is 1. The molecule has 2 aromatic carbocycles. The number of hydrogen-bond donors (Lipinski definition) is 0. The second-order valence-electron chi connectivity index (χ2n) is 6.24. The lowest BCUT2D eigenvalue weighted by molar-refractivity contribution is 0.0474. The van der Waals surface area contributed by atoms with Crippen LogP contribution < -0.4 is 0 Å². The van der Waals surface area contributed by atoms with Gasteiger partial charge >= 0.3 is 5.97 Å². The molecular formula is C21H21N3O3. The number of hydrogen-bond acceptors (Lipinski definition) is 5. The van der Waals surface area contributed by atoms with E-state index in [1.807, 2.05) is 24.3 Å². The third-order valence-corrected chi connectivity index (χ3v) is 4.15. The topological polar surface area (TPSA) is 74.1 Å². The molecule has 6 heteroatoms. The Kier molecular flexibility index (Phi) is 6.10. The normalized spacial score (nSPS) is 10.6. The predicted molar refractivity (Wildman–Crippen MR) is 101 cm³/mol. The molecule has 1 aromatic heterocycles. The Morgan fingerprint density at radius 3 is 2.26 bits per heavy atom. The molecule has 0 radical (unpaired) electrons. The summed E-state index contributed by atoms with van der Waals surface area (Å²) >= 11 is 0. The summed E-state index contributed by atoms with van der Waals surface area (Å²) in [5.41, 5.74) is 3.13. The molecule has 0 bridgehead atoms. The van der Waals surface area contributed by atoms with Crippen LogP contribution in [0.2, 0.25) is 0 Å². The molecule has 0 N–H and O–H groups in total. The Bertz CT molecular complexity index is 885. The summed E-state index contributed by atoms with van der Waals surface area (Å²) in [5, 5.41) is 4.04. The fourth-order valence-corrected chi connectivity index (χ4v) is 2.69. The summed E-state index contributed by atoms with van der Waals surface area (Å²) in [7, 11) is 0. The van der Waals surface area contributed by atoms with Gasteiger partial charge in [-0.1, -0.05) is 49.7 Å². The molecule has 0 aliphatic carbocycles. The van der Waals surface area contributed by atoms with Crippen LogP contribution >= 0.6 is 0 Å². The van der Waals surface area contributed by atoms with Crippen LogP contribution in [0.3, 0.4) is 0 Å². The monoisotopic (exact) mass is 363 g/mol. The molecule has 0 saturated heterocycles. The van der Waals surface area contributed by atoms with Crippen LogP contribution in [0.4, 0.5) is 0 Å². The average Bonchev–Trinajstić information content (AvgIpc) is 3.20. The maximum Gasteiger partial charge on any atom is 0.338 e. The third-order valence-electron chi connectivity index (χ3n) is 4.15. The molecular weight excluding hydrogens is 342 g/mol. The predicted octanol–water partition coefficient (Wildman–Crippen LogP) is 3.32. The van der Waals surface area contributed by atoms with Crippen molar-refractivity contribution in [2.24, 2.45) is 0 Å². The number of aryl methyl sites for hydroxylation is 1. The van der Waals surface area contributed by atoms with Crippen LogP contribution in [0.15, 0.2) is 61.2 Å². The lowest BCUT2D eigenvalue weighted by Gasteiger charge is -2.06. The number of benzene rings is 2. The number of ketones is 1. The standard InChI is InChI=1S/C21H21N3O3/c1-2-3-16-4-8-18(9-5-16)20(25)13-27-21(26)19-10-6-17(7-11-19)12-24-15-22-14-23-24/h4-11,14-15H,2-3,12-13H2,1H3. The first-order valence-electron chi connectivity index (χ1n) is 8.86. The molecule has 0 unspecified atom stereocenters. The van der Waals surface area contributed by atoms with Crippen LogP contribution in [0.5, 0.6) is 0 Å². The van der Waals surface area contributed by atoms with Gasteiger partial charge in [0.25, 0.3) is 0 Å². The highest BCUT2D eigenvalue weighted by molar-refractivity contribution is 5.99. The van der Waals surface area contributed by atoms with E-state index < -0.39 is 5.97 Å². The maximum absolute atomic E-state index is 12.2. The number of rotatable bonds is 8. The quantitative estimate of drug-likeness (QED) is 0.453. The van der Waals surface area contributed by atoms with Crippen molar-refractivity contribution in [2.75, 3.05) is 6.61 Å². The number of carbonyl (C=O) groups excluding carboxylic acids is 2. The zero-order valence-electron chi connectivity index (χ0n) is 15.2. The smallest absolute Gasteiger partial charge is 0.338 e. The highest BCUT2D eigenvalue weighted by Crippen LogP contribution is 2.10. The lowest BCUT2D eigenvalue weighted by Crippen LogP contribution is -2.14. The van der Waals surface area contributed by atoms with Crippen LogP contribution in [-0.4, -0.2) is 33.1 Å². The molecule has 27 heavy (non-hydrogen) atoms. The minimum absolute atomic E-state index is 0.214. The van der Waals surface area contributed by atoms with E-state index >= 15 is 0 Å². The van der Waals surface area contributed by atoms with Crippen molar-refractivity contribution in [3.8, 4) is 0 Å². The number of aromatic nitrogens is 3. The molecule has 0 aliphatic heterocycles. The Labute approximate surface area is 157 Å². The molecule has 0 amide bonds. The van der Waals surface area contributed by atoms with Crippen LogP contribution in [0, 0.1) is 0 Å². The minimum Gasteiger partial charge on any atom is -0.454 e. The van der Waals surface area contributed by atoms with Crippen molar-refractivity contribution in [1.29, 1.82) is 0 Å². The van der Waals surface area contributed by atoms with Gasteiger partial charge in [0.05, 0.1) is 12.1 Å².